The van der Waals surface area contributed by atoms with Gasteiger partial charge in [-0.25, -0.2) is 9.97 Å². The molecule has 36 heavy (non-hydrogen) atoms. The van der Waals surface area contributed by atoms with E-state index >= 15 is 0 Å². The maximum atomic E-state index is 9.39. The van der Waals surface area contributed by atoms with Gasteiger partial charge in [0.15, 0.2) is 0 Å². The van der Waals surface area contributed by atoms with Gasteiger partial charge in [0.05, 0.1) is 23.9 Å². The summed E-state index contributed by atoms with van der Waals surface area (Å²) < 4.78 is 16.5. The monoisotopic (exact) mass is 534 g/mol. The Morgan fingerprint density at radius 2 is 2.06 bits per heavy atom. The molecule has 2 aliphatic rings. The van der Waals surface area contributed by atoms with E-state index in [0.29, 0.717) is 24.4 Å². The molecule has 3 atom stereocenters. The second kappa shape index (κ2) is 13.6. The summed E-state index contributed by atoms with van der Waals surface area (Å²) in [6, 6.07) is 6.70. The lowest BCUT2D eigenvalue weighted by molar-refractivity contribution is -0.131. The molecule has 8 nitrogen and oxygen atoms in total. The lowest BCUT2D eigenvalue weighted by Gasteiger charge is -2.40. The highest BCUT2D eigenvalue weighted by atomic mass is 32.2. The van der Waals surface area contributed by atoms with Crippen LogP contribution in [0, 0.1) is 6.92 Å². The number of benzene rings is 1. The molecule has 0 bridgehead atoms. The van der Waals surface area contributed by atoms with Crippen molar-refractivity contribution in [3.05, 3.63) is 35.7 Å². The van der Waals surface area contributed by atoms with Gasteiger partial charge in [-0.05, 0) is 64.3 Å². The first-order valence-electron chi connectivity index (χ1n) is 12.3. The molecule has 3 unspecified atom stereocenters. The summed E-state index contributed by atoms with van der Waals surface area (Å²) in [7, 11) is 3.26. The van der Waals surface area contributed by atoms with E-state index in [4.69, 9.17) is 9.26 Å². The van der Waals surface area contributed by atoms with Gasteiger partial charge in [0.25, 0.3) is 6.47 Å². The second-order valence-corrected chi connectivity index (χ2v) is 12.8. The zero-order valence-corrected chi connectivity index (χ0v) is 24.1. The van der Waals surface area contributed by atoms with E-state index in [9.17, 15) is 4.79 Å². The van der Waals surface area contributed by atoms with Gasteiger partial charge in [0.1, 0.15) is 20.3 Å². The van der Waals surface area contributed by atoms with Gasteiger partial charge in [-0.3, -0.25) is 4.79 Å². The molecular weight excluding hydrogens is 495 g/mol. The summed E-state index contributed by atoms with van der Waals surface area (Å²) in [5.41, 5.74) is 4.50. The Labute approximate surface area is 220 Å². The minimum absolute atomic E-state index is 0.0301. The highest BCUT2D eigenvalue weighted by molar-refractivity contribution is 7.98. The molecule has 2 aliphatic heterocycles. The van der Waals surface area contributed by atoms with E-state index in [1.165, 1.54) is 16.1 Å². The molecule has 4 rings (SSSR count). The Bertz CT molecular complexity index is 1010. The fraction of sp³-hybridized carbons (Fsp3) is 0.577. The van der Waals surface area contributed by atoms with Crippen LogP contribution in [0.1, 0.15) is 31.9 Å². The number of rotatable bonds is 8. The van der Waals surface area contributed by atoms with Crippen LogP contribution in [-0.2, 0) is 20.7 Å². The minimum Gasteiger partial charge on any atom is -0.465 e. The molecule has 1 saturated heterocycles. The third kappa shape index (κ3) is 7.09. The maximum absolute atomic E-state index is 9.39. The van der Waals surface area contributed by atoms with Gasteiger partial charge in [-0.15, -0.1) is 11.8 Å². The van der Waals surface area contributed by atoms with Crippen LogP contribution in [0.5, 0.6) is 5.88 Å². The Kier molecular flexibility index (Phi) is 10.8. The molecule has 1 aromatic heterocycles. The van der Waals surface area contributed by atoms with Gasteiger partial charge in [-0.1, -0.05) is 6.92 Å². The van der Waals surface area contributed by atoms with E-state index < -0.39 is 8.15 Å². The van der Waals surface area contributed by atoms with E-state index in [2.05, 4.69) is 69.9 Å². The number of carbonyl (C=O) groups excluding carboxylic acids is 1. The van der Waals surface area contributed by atoms with Gasteiger partial charge < -0.3 is 23.8 Å². The van der Waals surface area contributed by atoms with Crippen molar-refractivity contribution in [1.29, 1.82) is 0 Å². The number of anilines is 2. The van der Waals surface area contributed by atoms with Crippen molar-refractivity contribution in [2.24, 2.45) is 0 Å². The first-order chi connectivity index (χ1) is 17.3. The molecule has 1 fully saturated rings. The SMILES string of the molecule is CC(C)OC=O.COCC1CN(C)CC(C)P1Oc1ncnc(N2CCc3cc(SC)ccc32)c1C. The van der Waals surface area contributed by atoms with E-state index in [-0.39, 0.29) is 6.10 Å². The van der Waals surface area contributed by atoms with Crippen molar-refractivity contribution < 1.29 is 18.8 Å². The summed E-state index contributed by atoms with van der Waals surface area (Å²) in [5, 5.41) is 0. The fourth-order valence-corrected chi connectivity index (χ4v) is 7.69. The summed E-state index contributed by atoms with van der Waals surface area (Å²) >= 11 is 1.79. The van der Waals surface area contributed by atoms with E-state index in [1.807, 2.05) is 0 Å². The number of thioether (sulfide) groups is 1. The summed E-state index contributed by atoms with van der Waals surface area (Å²) in [5.74, 6) is 1.67. The molecular formula is C26H39N4O4PS. The van der Waals surface area contributed by atoms with Crippen molar-refractivity contribution in [2.75, 3.05) is 51.6 Å². The average molecular weight is 535 g/mol. The number of nitrogens with zero attached hydrogens (tertiary/aromatic N) is 4. The average Bonchev–Trinajstić information content (AvgIpc) is 3.25. The van der Waals surface area contributed by atoms with Gasteiger partial charge in [-0.2, -0.15) is 0 Å². The number of fused-ring (bicyclic) bond motifs is 1. The smallest absolute Gasteiger partial charge is 0.293 e. The van der Waals surface area contributed by atoms with Crippen molar-refractivity contribution in [2.45, 2.75) is 56.4 Å². The highest BCUT2D eigenvalue weighted by Gasteiger charge is 2.36. The van der Waals surface area contributed by atoms with E-state index in [1.54, 1.807) is 39.0 Å². The molecule has 0 aliphatic carbocycles. The molecule has 10 heteroatoms. The fourth-order valence-electron chi connectivity index (χ4n) is 4.61. The molecule has 0 spiro atoms. The Hall–Kier alpha value is -1.93. The number of methoxy groups -OCH3 is 1. The predicted molar refractivity (Wildman–Crippen MR) is 148 cm³/mol. The number of ether oxygens (including phenoxy) is 2. The topological polar surface area (TPSA) is 77.0 Å². The van der Waals surface area contributed by atoms with E-state index in [0.717, 1.165) is 43.3 Å². The maximum Gasteiger partial charge on any atom is 0.293 e. The number of hydrogen-bond acceptors (Lipinski definition) is 9. The standard InChI is InChI=1S/C22H31N4O2PS.C4H8O2/c1-15-11-25(3)12-18(13-27-4)29(15)28-22-16(2)21(23-14-24-22)26-9-8-17-10-19(30-5)6-7-20(17)26;1-4(2)6-3-5/h6-7,10,14-15,18H,8-9,11-13H2,1-5H3;3-4H,1-2H3. The first-order valence-corrected chi connectivity index (χ1v) is 14.9. The lowest BCUT2D eigenvalue weighted by Crippen LogP contribution is -2.43. The molecule has 198 valence electrons. The minimum atomic E-state index is -0.683. The van der Waals surface area contributed by atoms with Crippen LogP contribution in [0.4, 0.5) is 11.5 Å². The molecule has 2 aromatic rings. The largest absolute Gasteiger partial charge is 0.465 e. The zero-order valence-electron chi connectivity index (χ0n) is 22.4. The Morgan fingerprint density at radius 1 is 1.28 bits per heavy atom. The van der Waals surface area contributed by atoms with Crippen LogP contribution in [0.25, 0.3) is 0 Å². The van der Waals surface area contributed by atoms with Crippen molar-refractivity contribution in [3.63, 3.8) is 0 Å². The molecule has 0 N–H and O–H groups in total. The predicted octanol–water partition coefficient (Wildman–Crippen LogP) is 4.89. The lowest BCUT2D eigenvalue weighted by atomic mass is 10.2. The van der Waals surface area contributed by atoms with Crippen LogP contribution < -0.4 is 9.42 Å². The van der Waals surface area contributed by atoms with Gasteiger partial charge in [0.2, 0.25) is 5.88 Å². The third-order valence-electron chi connectivity index (χ3n) is 6.22. The normalized spacial score (nSPS) is 21.6. The van der Waals surface area contributed by atoms with Crippen LogP contribution in [0.15, 0.2) is 29.4 Å². The van der Waals surface area contributed by atoms with Crippen LogP contribution in [0.3, 0.4) is 0 Å². The quantitative estimate of drug-likeness (QED) is 0.267. The summed E-state index contributed by atoms with van der Waals surface area (Å²) in [4.78, 5) is 24.6. The Balaban J connectivity index is 0.000000538. The van der Waals surface area contributed by atoms with Crippen LogP contribution in [0.2, 0.25) is 0 Å². The van der Waals surface area contributed by atoms with Crippen molar-refractivity contribution >= 4 is 37.9 Å². The number of hydrogen-bond donors (Lipinski definition) is 0. The molecule has 0 amide bonds. The number of aromatic nitrogens is 2. The van der Waals surface area contributed by atoms with Crippen LogP contribution >= 0.6 is 19.9 Å². The molecule has 0 radical (unpaired) electrons. The van der Waals surface area contributed by atoms with Crippen LogP contribution in [-0.4, -0.2) is 85.4 Å². The Morgan fingerprint density at radius 3 is 2.69 bits per heavy atom. The molecule has 0 saturated carbocycles. The first kappa shape index (κ1) is 28.6. The van der Waals surface area contributed by atoms with Crippen molar-refractivity contribution in [3.8, 4) is 5.88 Å². The highest BCUT2D eigenvalue weighted by Crippen LogP contribution is 2.51. The van der Waals surface area contributed by atoms with Gasteiger partial charge >= 0.3 is 0 Å². The van der Waals surface area contributed by atoms with Crippen molar-refractivity contribution in [1.82, 2.24) is 14.9 Å². The van der Waals surface area contributed by atoms with Gasteiger partial charge in [0, 0.05) is 43.0 Å². The second-order valence-electron chi connectivity index (χ2n) is 9.44. The summed E-state index contributed by atoms with van der Waals surface area (Å²) in [6.45, 7) is 12.1. The number of carbonyl (C=O) groups is 1. The molecule has 1 aromatic carbocycles. The third-order valence-corrected chi connectivity index (χ3v) is 9.39. The molecule has 3 heterocycles. The summed E-state index contributed by atoms with van der Waals surface area (Å²) in [6.07, 6.45) is 4.83. The zero-order chi connectivity index (χ0) is 26.2.